The first-order valence-corrected chi connectivity index (χ1v) is 8.00. The van der Waals surface area contributed by atoms with Crippen LogP contribution in [-0.2, 0) is 11.2 Å². The second-order valence-corrected chi connectivity index (χ2v) is 7.04. The minimum Gasteiger partial charge on any atom is -0.378 e. The van der Waals surface area contributed by atoms with Crippen LogP contribution in [0.5, 0.6) is 0 Å². The van der Waals surface area contributed by atoms with E-state index in [9.17, 15) is 0 Å². The number of nitrogens with one attached hydrogen (secondary N) is 1. The predicted octanol–water partition coefficient (Wildman–Crippen LogP) is 1.48. The third-order valence-electron chi connectivity index (χ3n) is 5.26. The van der Waals surface area contributed by atoms with Crippen LogP contribution in [0.25, 0.3) is 0 Å². The summed E-state index contributed by atoms with van der Waals surface area (Å²) in [5.74, 6) is 1.75. The van der Waals surface area contributed by atoms with Crippen molar-refractivity contribution < 1.29 is 4.74 Å². The number of ether oxygens (including phenoxy) is 1. The third-order valence-corrected chi connectivity index (χ3v) is 5.26. The fourth-order valence-electron chi connectivity index (χ4n) is 3.49. The first kappa shape index (κ1) is 14.8. The monoisotopic (exact) mass is 293 g/mol. The molecule has 1 saturated heterocycles. The van der Waals surface area contributed by atoms with E-state index in [4.69, 9.17) is 10.5 Å². The van der Waals surface area contributed by atoms with Crippen LogP contribution < -0.4 is 10.6 Å². The van der Waals surface area contributed by atoms with E-state index in [0.717, 1.165) is 50.5 Å². The maximum Gasteiger partial charge on any atom is 0.244 e. The van der Waals surface area contributed by atoms with Gasteiger partial charge in [0.1, 0.15) is 5.82 Å². The number of aromatic amines is 1. The van der Waals surface area contributed by atoms with Gasteiger partial charge in [0.2, 0.25) is 5.95 Å². The molecule has 3 N–H and O–H groups in total. The molecule has 1 aliphatic carbocycles. The zero-order valence-corrected chi connectivity index (χ0v) is 13.2. The Labute approximate surface area is 126 Å². The average Bonchev–Trinajstić information content (AvgIpc) is 2.91. The Hall–Kier alpha value is -1.14. The molecule has 1 unspecified atom stereocenters. The molecule has 1 aromatic heterocycles. The molecule has 0 amide bonds. The molecule has 1 aromatic rings. The molecule has 21 heavy (non-hydrogen) atoms. The zero-order valence-electron chi connectivity index (χ0n) is 13.2. The van der Waals surface area contributed by atoms with Crippen LogP contribution in [0.1, 0.15) is 44.9 Å². The van der Waals surface area contributed by atoms with E-state index in [1.165, 1.54) is 12.8 Å². The van der Waals surface area contributed by atoms with Gasteiger partial charge in [0, 0.05) is 26.6 Å². The molecule has 3 rings (SSSR count). The van der Waals surface area contributed by atoms with Gasteiger partial charge >= 0.3 is 0 Å². The summed E-state index contributed by atoms with van der Waals surface area (Å²) < 4.78 is 5.67. The summed E-state index contributed by atoms with van der Waals surface area (Å²) in [5, 5.41) is 7.50. The Morgan fingerprint density at radius 1 is 1.33 bits per heavy atom. The topological polar surface area (TPSA) is 80.1 Å². The summed E-state index contributed by atoms with van der Waals surface area (Å²) >= 11 is 0. The second kappa shape index (κ2) is 5.57. The molecular weight excluding hydrogens is 266 g/mol. The number of nitrogens with zero attached hydrogens (tertiary/aromatic N) is 3. The van der Waals surface area contributed by atoms with Gasteiger partial charge in [-0.3, -0.25) is 5.10 Å². The van der Waals surface area contributed by atoms with Gasteiger partial charge in [-0.25, -0.2) is 0 Å². The summed E-state index contributed by atoms with van der Waals surface area (Å²) in [6.45, 7) is 4.92. The van der Waals surface area contributed by atoms with Crippen molar-refractivity contribution in [2.75, 3.05) is 31.6 Å². The van der Waals surface area contributed by atoms with Gasteiger partial charge in [0.05, 0.1) is 5.60 Å². The van der Waals surface area contributed by atoms with E-state index >= 15 is 0 Å². The molecule has 0 radical (unpaired) electrons. The van der Waals surface area contributed by atoms with Gasteiger partial charge in [0.15, 0.2) is 0 Å². The Bertz CT molecular complexity index is 479. The van der Waals surface area contributed by atoms with E-state index in [0.29, 0.717) is 6.54 Å². The number of methoxy groups -OCH3 is 1. The van der Waals surface area contributed by atoms with E-state index in [1.807, 2.05) is 0 Å². The number of aromatic nitrogens is 3. The number of hydrogen-bond donors (Lipinski definition) is 2. The molecule has 1 atom stereocenters. The quantitative estimate of drug-likeness (QED) is 0.859. The lowest BCUT2D eigenvalue weighted by Gasteiger charge is -2.40. The summed E-state index contributed by atoms with van der Waals surface area (Å²) in [6.07, 6.45) is 6.65. The Morgan fingerprint density at radius 2 is 2.14 bits per heavy atom. The number of H-pyrrole nitrogens is 1. The van der Waals surface area contributed by atoms with Crippen molar-refractivity contribution in [3.05, 3.63) is 5.82 Å². The van der Waals surface area contributed by atoms with Crippen LogP contribution >= 0.6 is 0 Å². The number of anilines is 1. The Kier molecular flexibility index (Phi) is 3.92. The van der Waals surface area contributed by atoms with Gasteiger partial charge in [-0.15, -0.1) is 5.10 Å². The minimum absolute atomic E-state index is 0.00945. The van der Waals surface area contributed by atoms with Gasteiger partial charge in [0.25, 0.3) is 0 Å². The zero-order chi connectivity index (χ0) is 14.9. The van der Waals surface area contributed by atoms with Crippen molar-refractivity contribution in [3.63, 3.8) is 0 Å². The van der Waals surface area contributed by atoms with Crippen molar-refractivity contribution in [1.29, 1.82) is 0 Å². The Balaban J connectivity index is 1.67. The molecule has 118 valence electrons. The highest BCUT2D eigenvalue weighted by molar-refractivity contribution is 5.30. The van der Waals surface area contributed by atoms with Gasteiger partial charge in [-0.1, -0.05) is 6.92 Å². The maximum atomic E-state index is 5.92. The number of rotatable bonds is 5. The van der Waals surface area contributed by atoms with E-state index in [1.54, 1.807) is 7.11 Å². The molecule has 1 aliphatic heterocycles. The smallest absolute Gasteiger partial charge is 0.244 e. The van der Waals surface area contributed by atoms with E-state index < -0.39 is 0 Å². The van der Waals surface area contributed by atoms with Gasteiger partial charge in [-0.05, 0) is 44.1 Å². The van der Waals surface area contributed by atoms with E-state index in [-0.39, 0.29) is 11.0 Å². The minimum atomic E-state index is -0.00945. The molecule has 2 aliphatic rings. The van der Waals surface area contributed by atoms with Crippen LogP contribution in [-0.4, -0.2) is 47.5 Å². The van der Waals surface area contributed by atoms with Crippen molar-refractivity contribution in [1.82, 2.24) is 15.2 Å². The second-order valence-electron chi connectivity index (χ2n) is 7.04. The molecule has 2 heterocycles. The third kappa shape index (κ3) is 2.92. The molecule has 0 aromatic carbocycles. The average molecular weight is 293 g/mol. The van der Waals surface area contributed by atoms with Crippen molar-refractivity contribution in [3.8, 4) is 0 Å². The molecule has 6 nitrogen and oxygen atoms in total. The van der Waals surface area contributed by atoms with Crippen molar-refractivity contribution in [2.24, 2.45) is 11.1 Å². The summed E-state index contributed by atoms with van der Waals surface area (Å²) in [7, 11) is 1.80. The molecule has 1 saturated carbocycles. The predicted molar refractivity (Wildman–Crippen MR) is 82.3 cm³/mol. The van der Waals surface area contributed by atoms with Gasteiger partial charge in [-0.2, -0.15) is 4.98 Å². The highest BCUT2D eigenvalue weighted by Gasteiger charge is 2.38. The summed E-state index contributed by atoms with van der Waals surface area (Å²) in [5.41, 5.74) is 6.09. The standard InChI is InChI=1S/C15H27N5O/c1-14(10-16)5-4-8-20(11-14)13-17-12(18-19-13)9-15(21-2)6-3-7-15/h3-11,16H2,1-2H3,(H,17,18,19). The molecule has 6 heteroatoms. The highest BCUT2D eigenvalue weighted by atomic mass is 16.5. The van der Waals surface area contributed by atoms with Crippen LogP contribution in [0, 0.1) is 5.41 Å². The first-order chi connectivity index (χ1) is 10.1. The Morgan fingerprint density at radius 3 is 2.76 bits per heavy atom. The van der Waals surface area contributed by atoms with Crippen molar-refractivity contribution >= 4 is 5.95 Å². The number of nitrogens with two attached hydrogens (primary N) is 1. The van der Waals surface area contributed by atoms with E-state index in [2.05, 4.69) is 27.0 Å². The number of hydrogen-bond acceptors (Lipinski definition) is 5. The van der Waals surface area contributed by atoms with Gasteiger partial charge < -0.3 is 15.4 Å². The number of piperidine rings is 1. The lowest BCUT2D eigenvalue weighted by Crippen LogP contribution is -2.46. The fourth-order valence-corrected chi connectivity index (χ4v) is 3.49. The van der Waals surface area contributed by atoms with Crippen LogP contribution in [0.15, 0.2) is 0 Å². The van der Waals surface area contributed by atoms with Crippen LogP contribution in [0.4, 0.5) is 5.95 Å². The SMILES string of the molecule is COC1(Cc2nc(N3CCCC(C)(CN)C3)n[nH]2)CCC1. The highest BCUT2D eigenvalue weighted by Crippen LogP contribution is 2.37. The molecular formula is C15H27N5O. The summed E-state index contributed by atoms with van der Waals surface area (Å²) in [4.78, 5) is 6.95. The lowest BCUT2D eigenvalue weighted by atomic mass is 9.77. The largest absolute Gasteiger partial charge is 0.378 e. The first-order valence-electron chi connectivity index (χ1n) is 8.00. The molecule has 2 fully saturated rings. The van der Waals surface area contributed by atoms with Crippen molar-refractivity contribution in [2.45, 2.75) is 51.0 Å². The fraction of sp³-hybridized carbons (Fsp3) is 0.867. The summed E-state index contributed by atoms with van der Waals surface area (Å²) in [6, 6.07) is 0. The van der Waals surface area contributed by atoms with Crippen LogP contribution in [0.3, 0.4) is 0 Å². The maximum absolute atomic E-state index is 5.92. The molecule has 0 bridgehead atoms. The van der Waals surface area contributed by atoms with Crippen LogP contribution in [0.2, 0.25) is 0 Å². The normalized spacial score (nSPS) is 28.4. The lowest BCUT2D eigenvalue weighted by molar-refractivity contribution is -0.0720. The molecule has 0 spiro atoms.